The molecule has 1 amide bonds. The number of aromatic amines is 1. The number of carbonyl (C=O) groups excluding carboxylic acids is 1. The Hall–Kier alpha value is -2.30. The van der Waals surface area contributed by atoms with Crippen molar-refractivity contribution in [2.24, 2.45) is 0 Å². The van der Waals surface area contributed by atoms with E-state index in [-0.39, 0.29) is 12.5 Å². The van der Waals surface area contributed by atoms with Crippen LogP contribution in [0, 0.1) is 0 Å². The summed E-state index contributed by atoms with van der Waals surface area (Å²) in [4.78, 5) is 11.7. The van der Waals surface area contributed by atoms with E-state index >= 15 is 0 Å². The van der Waals surface area contributed by atoms with Gasteiger partial charge in [-0.2, -0.15) is 5.10 Å². The number of para-hydroxylation sites is 1. The van der Waals surface area contributed by atoms with Gasteiger partial charge in [0.05, 0.1) is 11.9 Å². The second kappa shape index (κ2) is 6.04. The Morgan fingerprint density at radius 2 is 2.21 bits per heavy atom. The molecule has 0 aliphatic rings. The molecule has 0 aliphatic heterocycles. The first-order valence-corrected chi connectivity index (χ1v) is 6.17. The highest BCUT2D eigenvalue weighted by molar-refractivity contribution is 5.91. The maximum Gasteiger partial charge on any atom is 0.262 e. The molecule has 5 nitrogen and oxygen atoms in total. The van der Waals surface area contributed by atoms with Crippen molar-refractivity contribution in [3.8, 4) is 5.75 Å². The number of nitrogens with one attached hydrogen (secondary N) is 2. The Labute approximate surface area is 112 Å². The molecule has 0 spiro atoms. The van der Waals surface area contributed by atoms with E-state index in [1.54, 1.807) is 12.4 Å². The lowest BCUT2D eigenvalue weighted by atomic mass is 10.0. The van der Waals surface area contributed by atoms with Crippen LogP contribution in [0.1, 0.15) is 25.3 Å². The van der Waals surface area contributed by atoms with Gasteiger partial charge in [-0.1, -0.05) is 32.0 Å². The average Bonchev–Trinajstić information content (AvgIpc) is 2.89. The molecule has 0 aliphatic carbocycles. The van der Waals surface area contributed by atoms with Crippen molar-refractivity contribution in [3.05, 3.63) is 42.2 Å². The van der Waals surface area contributed by atoms with Crippen LogP contribution in [0.15, 0.2) is 36.7 Å². The minimum Gasteiger partial charge on any atom is -0.483 e. The summed E-state index contributed by atoms with van der Waals surface area (Å²) >= 11 is 0. The molecule has 0 atom stereocenters. The number of rotatable bonds is 5. The van der Waals surface area contributed by atoms with Gasteiger partial charge in [-0.3, -0.25) is 9.89 Å². The summed E-state index contributed by atoms with van der Waals surface area (Å²) in [5.74, 6) is 0.896. The van der Waals surface area contributed by atoms with Crippen LogP contribution in [0.4, 0.5) is 5.69 Å². The van der Waals surface area contributed by atoms with Crippen LogP contribution in [-0.2, 0) is 4.79 Å². The third kappa shape index (κ3) is 3.58. The second-order valence-corrected chi connectivity index (χ2v) is 4.52. The maximum atomic E-state index is 11.7. The highest BCUT2D eigenvalue weighted by atomic mass is 16.5. The van der Waals surface area contributed by atoms with Crippen molar-refractivity contribution < 1.29 is 9.53 Å². The quantitative estimate of drug-likeness (QED) is 0.867. The van der Waals surface area contributed by atoms with Gasteiger partial charge in [0, 0.05) is 6.20 Å². The summed E-state index contributed by atoms with van der Waals surface area (Å²) in [5.41, 5.74) is 1.73. The Balaban J connectivity index is 1.93. The van der Waals surface area contributed by atoms with Crippen LogP contribution in [0.25, 0.3) is 0 Å². The van der Waals surface area contributed by atoms with Crippen molar-refractivity contribution >= 4 is 11.6 Å². The predicted molar refractivity (Wildman–Crippen MR) is 73.2 cm³/mol. The van der Waals surface area contributed by atoms with Gasteiger partial charge in [0.2, 0.25) is 0 Å². The summed E-state index contributed by atoms with van der Waals surface area (Å²) in [6, 6.07) is 7.75. The second-order valence-electron chi connectivity index (χ2n) is 4.52. The fourth-order valence-corrected chi connectivity index (χ4v) is 1.75. The molecule has 2 aromatic rings. The van der Waals surface area contributed by atoms with E-state index in [9.17, 15) is 4.79 Å². The fraction of sp³-hybridized carbons (Fsp3) is 0.286. The van der Waals surface area contributed by atoms with Gasteiger partial charge < -0.3 is 10.1 Å². The highest BCUT2D eigenvalue weighted by Gasteiger charge is 2.09. The molecule has 2 N–H and O–H groups in total. The molecular formula is C14H17N3O2. The summed E-state index contributed by atoms with van der Waals surface area (Å²) in [7, 11) is 0. The lowest BCUT2D eigenvalue weighted by Crippen LogP contribution is -2.20. The van der Waals surface area contributed by atoms with E-state index in [1.165, 1.54) is 0 Å². The number of ether oxygens (including phenoxy) is 1. The number of benzene rings is 1. The molecule has 0 saturated carbocycles. The molecule has 0 bridgehead atoms. The number of carbonyl (C=O) groups is 1. The molecule has 0 radical (unpaired) electrons. The molecule has 100 valence electrons. The lowest BCUT2D eigenvalue weighted by Gasteiger charge is -2.13. The zero-order valence-electron chi connectivity index (χ0n) is 11.0. The van der Waals surface area contributed by atoms with Gasteiger partial charge in [0.25, 0.3) is 5.91 Å². The first-order chi connectivity index (χ1) is 9.16. The van der Waals surface area contributed by atoms with Gasteiger partial charge in [0.15, 0.2) is 6.61 Å². The number of hydrogen-bond acceptors (Lipinski definition) is 3. The maximum absolute atomic E-state index is 11.7. The van der Waals surface area contributed by atoms with E-state index in [2.05, 4.69) is 29.4 Å². The average molecular weight is 259 g/mol. The first-order valence-electron chi connectivity index (χ1n) is 6.17. The molecule has 0 saturated heterocycles. The summed E-state index contributed by atoms with van der Waals surface area (Å²) < 4.78 is 5.57. The van der Waals surface area contributed by atoms with E-state index in [4.69, 9.17) is 4.74 Å². The van der Waals surface area contributed by atoms with Gasteiger partial charge in [0.1, 0.15) is 5.75 Å². The molecule has 1 heterocycles. The topological polar surface area (TPSA) is 67.0 Å². The molecule has 19 heavy (non-hydrogen) atoms. The van der Waals surface area contributed by atoms with E-state index in [0.717, 1.165) is 11.3 Å². The van der Waals surface area contributed by atoms with E-state index in [1.807, 2.05) is 24.3 Å². The first kappa shape index (κ1) is 13.1. The van der Waals surface area contributed by atoms with Crippen LogP contribution in [0.2, 0.25) is 0 Å². The SMILES string of the molecule is CC(C)c1ccccc1OCC(=O)Nc1cn[nH]c1. The van der Waals surface area contributed by atoms with Gasteiger partial charge >= 0.3 is 0 Å². The normalized spacial score (nSPS) is 10.5. The van der Waals surface area contributed by atoms with Crippen molar-refractivity contribution in [1.82, 2.24) is 10.2 Å². The Kier molecular flexibility index (Phi) is 4.18. The van der Waals surface area contributed by atoms with Gasteiger partial charge in [-0.15, -0.1) is 0 Å². The fourth-order valence-electron chi connectivity index (χ4n) is 1.75. The smallest absolute Gasteiger partial charge is 0.262 e. The molecule has 2 rings (SSSR count). The van der Waals surface area contributed by atoms with E-state index in [0.29, 0.717) is 11.6 Å². The van der Waals surface area contributed by atoms with Gasteiger partial charge in [-0.25, -0.2) is 0 Å². The van der Waals surface area contributed by atoms with Crippen LogP contribution >= 0.6 is 0 Å². The largest absolute Gasteiger partial charge is 0.483 e. The summed E-state index contributed by atoms with van der Waals surface area (Å²) in [5, 5.41) is 9.06. The van der Waals surface area contributed by atoms with Crippen molar-refractivity contribution in [3.63, 3.8) is 0 Å². The highest BCUT2D eigenvalue weighted by Crippen LogP contribution is 2.25. The minimum atomic E-state index is -0.208. The van der Waals surface area contributed by atoms with Crippen LogP contribution in [0.5, 0.6) is 5.75 Å². The van der Waals surface area contributed by atoms with Crippen molar-refractivity contribution in [2.75, 3.05) is 11.9 Å². The van der Waals surface area contributed by atoms with Crippen molar-refractivity contribution in [2.45, 2.75) is 19.8 Å². The lowest BCUT2D eigenvalue weighted by molar-refractivity contribution is -0.118. The number of amides is 1. The number of nitrogens with zero attached hydrogens (tertiary/aromatic N) is 1. The number of anilines is 1. The Morgan fingerprint density at radius 3 is 2.89 bits per heavy atom. The predicted octanol–water partition coefficient (Wildman–Crippen LogP) is 2.55. The number of aromatic nitrogens is 2. The molecule has 5 heteroatoms. The van der Waals surface area contributed by atoms with Gasteiger partial charge in [-0.05, 0) is 17.5 Å². The summed E-state index contributed by atoms with van der Waals surface area (Å²) in [6.45, 7) is 4.16. The minimum absolute atomic E-state index is 0.0189. The van der Waals surface area contributed by atoms with Crippen LogP contribution in [0.3, 0.4) is 0 Å². The number of H-pyrrole nitrogens is 1. The summed E-state index contributed by atoms with van der Waals surface area (Å²) in [6.07, 6.45) is 3.15. The zero-order chi connectivity index (χ0) is 13.7. The molecular weight excluding hydrogens is 242 g/mol. The molecule has 1 aromatic carbocycles. The van der Waals surface area contributed by atoms with Crippen molar-refractivity contribution in [1.29, 1.82) is 0 Å². The van der Waals surface area contributed by atoms with Crippen LogP contribution < -0.4 is 10.1 Å². The molecule has 0 unspecified atom stereocenters. The number of hydrogen-bond donors (Lipinski definition) is 2. The zero-order valence-corrected chi connectivity index (χ0v) is 11.0. The van der Waals surface area contributed by atoms with Crippen LogP contribution in [-0.4, -0.2) is 22.7 Å². The van der Waals surface area contributed by atoms with E-state index < -0.39 is 0 Å². The Bertz CT molecular complexity index is 535. The third-order valence-corrected chi connectivity index (χ3v) is 2.68. The third-order valence-electron chi connectivity index (χ3n) is 2.68. The molecule has 1 aromatic heterocycles. The molecule has 0 fully saturated rings. The standard InChI is InChI=1S/C14H17N3O2/c1-10(2)12-5-3-4-6-13(12)19-9-14(18)17-11-7-15-16-8-11/h3-8,10H,9H2,1-2H3,(H,15,16)(H,17,18). The Morgan fingerprint density at radius 1 is 1.42 bits per heavy atom. The monoisotopic (exact) mass is 259 g/mol.